The zero-order valence-electron chi connectivity index (χ0n) is 16.3. The Balaban J connectivity index is 1.86. The quantitative estimate of drug-likeness (QED) is 0.736. The van der Waals surface area contributed by atoms with Gasteiger partial charge in [-0.15, -0.1) is 5.06 Å². The standard InChI is InChI=1S/C20H26N4O4/c1-20(2,3)18(27)28-24-9-5-6-12(11-24)13-10-14(23-19(21)22-13)17-15(25)7-4-8-16(17)26/h4,7-8,10,12,25-26H,5-6,9,11H2,1-3H3,(H2,21,22,23). The van der Waals surface area contributed by atoms with E-state index in [1.54, 1.807) is 17.2 Å². The van der Waals surface area contributed by atoms with Crippen molar-refractivity contribution in [3.05, 3.63) is 30.0 Å². The molecule has 1 aromatic carbocycles. The summed E-state index contributed by atoms with van der Waals surface area (Å²) in [6.07, 6.45) is 1.69. The highest BCUT2D eigenvalue weighted by Gasteiger charge is 2.30. The molecule has 1 fully saturated rings. The van der Waals surface area contributed by atoms with E-state index in [4.69, 9.17) is 10.6 Å². The molecule has 0 spiro atoms. The summed E-state index contributed by atoms with van der Waals surface area (Å²) in [5.41, 5.74) is 6.55. The second-order valence-electron chi connectivity index (χ2n) is 8.06. The van der Waals surface area contributed by atoms with Gasteiger partial charge in [-0.25, -0.2) is 14.8 Å². The van der Waals surface area contributed by atoms with Crippen molar-refractivity contribution in [2.75, 3.05) is 18.8 Å². The molecular formula is C20H26N4O4. The number of aromatic nitrogens is 2. The Morgan fingerprint density at radius 3 is 2.57 bits per heavy atom. The number of piperidine rings is 1. The number of nitrogen functional groups attached to an aromatic ring is 1. The van der Waals surface area contributed by atoms with Crippen LogP contribution in [0.2, 0.25) is 0 Å². The predicted molar refractivity (Wildman–Crippen MR) is 104 cm³/mol. The molecule has 1 saturated heterocycles. The van der Waals surface area contributed by atoms with Crippen LogP contribution in [-0.4, -0.2) is 44.3 Å². The summed E-state index contributed by atoms with van der Waals surface area (Å²) in [5, 5.41) is 21.9. The Kier molecular flexibility index (Phi) is 5.42. The molecule has 1 unspecified atom stereocenters. The molecule has 4 N–H and O–H groups in total. The van der Waals surface area contributed by atoms with Crippen molar-refractivity contribution in [2.24, 2.45) is 5.41 Å². The Morgan fingerprint density at radius 2 is 1.93 bits per heavy atom. The molecule has 0 saturated carbocycles. The fraction of sp³-hybridized carbons (Fsp3) is 0.450. The predicted octanol–water partition coefficient (Wildman–Crippen LogP) is 2.82. The van der Waals surface area contributed by atoms with E-state index in [1.807, 2.05) is 20.8 Å². The van der Waals surface area contributed by atoms with Crippen LogP contribution in [0, 0.1) is 5.41 Å². The van der Waals surface area contributed by atoms with E-state index in [1.165, 1.54) is 12.1 Å². The lowest BCUT2D eigenvalue weighted by atomic mass is 9.94. The summed E-state index contributed by atoms with van der Waals surface area (Å²) >= 11 is 0. The monoisotopic (exact) mass is 386 g/mol. The van der Waals surface area contributed by atoms with Gasteiger partial charge in [0.05, 0.1) is 22.4 Å². The summed E-state index contributed by atoms with van der Waals surface area (Å²) in [5.74, 6) is -0.422. The van der Waals surface area contributed by atoms with Crippen LogP contribution in [0.25, 0.3) is 11.3 Å². The lowest BCUT2D eigenvalue weighted by Crippen LogP contribution is -2.39. The number of anilines is 1. The fourth-order valence-corrected chi connectivity index (χ4v) is 3.13. The van der Waals surface area contributed by atoms with E-state index in [2.05, 4.69) is 9.97 Å². The number of nitrogens with zero attached hydrogens (tertiary/aromatic N) is 3. The molecule has 2 heterocycles. The average Bonchev–Trinajstić information content (AvgIpc) is 2.60. The molecule has 0 amide bonds. The number of phenolic OH excluding ortho intramolecular Hbond substituents is 2. The van der Waals surface area contributed by atoms with Gasteiger partial charge in [0, 0.05) is 19.0 Å². The number of rotatable bonds is 3. The van der Waals surface area contributed by atoms with Crippen LogP contribution in [0.15, 0.2) is 24.3 Å². The van der Waals surface area contributed by atoms with Crippen LogP contribution >= 0.6 is 0 Å². The van der Waals surface area contributed by atoms with Crippen molar-refractivity contribution < 1.29 is 19.8 Å². The van der Waals surface area contributed by atoms with E-state index < -0.39 is 5.41 Å². The van der Waals surface area contributed by atoms with Gasteiger partial charge in [0.15, 0.2) is 0 Å². The van der Waals surface area contributed by atoms with Gasteiger partial charge in [0.1, 0.15) is 11.5 Å². The summed E-state index contributed by atoms with van der Waals surface area (Å²) in [7, 11) is 0. The topological polar surface area (TPSA) is 122 Å². The maximum absolute atomic E-state index is 12.2. The third-order valence-corrected chi connectivity index (χ3v) is 4.67. The van der Waals surface area contributed by atoms with Crippen LogP contribution in [0.5, 0.6) is 11.5 Å². The van der Waals surface area contributed by atoms with Gasteiger partial charge in [0.2, 0.25) is 5.95 Å². The number of hydroxylamine groups is 2. The molecule has 1 atom stereocenters. The van der Waals surface area contributed by atoms with Gasteiger partial charge in [-0.05, 0) is 51.8 Å². The van der Waals surface area contributed by atoms with Gasteiger partial charge in [-0.2, -0.15) is 0 Å². The number of nitrogens with two attached hydrogens (primary N) is 1. The minimum absolute atomic E-state index is 0.0152. The summed E-state index contributed by atoms with van der Waals surface area (Å²) < 4.78 is 0. The van der Waals surface area contributed by atoms with Crippen molar-refractivity contribution in [1.29, 1.82) is 0 Å². The fourth-order valence-electron chi connectivity index (χ4n) is 3.13. The zero-order valence-corrected chi connectivity index (χ0v) is 16.3. The van der Waals surface area contributed by atoms with E-state index in [0.717, 1.165) is 12.8 Å². The summed E-state index contributed by atoms with van der Waals surface area (Å²) in [4.78, 5) is 26.2. The molecule has 150 valence electrons. The highest BCUT2D eigenvalue weighted by Crippen LogP contribution is 2.37. The van der Waals surface area contributed by atoms with Crippen molar-refractivity contribution in [3.63, 3.8) is 0 Å². The first kappa shape index (κ1) is 19.9. The molecule has 8 nitrogen and oxygen atoms in total. The maximum atomic E-state index is 12.2. The van der Waals surface area contributed by atoms with Gasteiger partial charge in [0.25, 0.3) is 0 Å². The minimum atomic E-state index is -0.582. The molecule has 1 aliphatic heterocycles. The smallest absolute Gasteiger partial charge is 0.330 e. The van der Waals surface area contributed by atoms with E-state index in [-0.39, 0.29) is 34.9 Å². The lowest BCUT2D eigenvalue weighted by Gasteiger charge is -2.32. The molecule has 28 heavy (non-hydrogen) atoms. The largest absolute Gasteiger partial charge is 0.507 e. The van der Waals surface area contributed by atoms with Crippen molar-refractivity contribution in [3.8, 4) is 22.8 Å². The highest BCUT2D eigenvalue weighted by atomic mass is 16.7. The molecule has 2 aromatic rings. The van der Waals surface area contributed by atoms with Crippen LogP contribution in [0.4, 0.5) is 5.95 Å². The SMILES string of the molecule is CC(C)(C)C(=O)ON1CCCC(c2cc(-c3c(O)cccc3O)nc(N)n2)C1. The Labute approximate surface area is 163 Å². The zero-order chi connectivity index (χ0) is 20.5. The van der Waals surface area contributed by atoms with Gasteiger partial charge in [-0.1, -0.05) is 6.07 Å². The maximum Gasteiger partial charge on any atom is 0.330 e. The molecule has 0 bridgehead atoms. The van der Waals surface area contributed by atoms with Crippen LogP contribution in [0.3, 0.4) is 0 Å². The van der Waals surface area contributed by atoms with Crippen LogP contribution in [0.1, 0.15) is 45.2 Å². The molecule has 1 aromatic heterocycles. The molecule has 1 aliphatic rings. The number of hydrogen-bond acceptors (Lipinski definition) is 8. The van der Waals surface area contributed by atoms with Crippen LogP contribution in [-0.2, 0) is 9.63 Å². The molecule has 0 aliphatic carbocycles. The Morgan fingerprint density at radius 1 is 1.25 bits per heavy atom. The van der Waals surface area contributed by atoms with E-state index in [9.17, 15) is 15.0 Å². The second kappa shape index (κ2) is 7.63. The minimum Gasteiger partial charge on any atom is -0.507 e. The first-order valence-corrected chi connectivity index (χ1v) is 9.28. The lowest BCUT2D eigenvalue weighted by molar-refractivity contribution is -0.205. The van der Waals surface area contributed by atoms with Crippen molar-refractivity contribution in [1.82, 2.24) is 15.0 Å². The van der Waals surface area contributed by atoms with Gasteiger partial charge < -0.3 is 20.8 Å². The van der Waals surface area contributed by atoms with Gasteiger partial charge in [-0.3, -0.25) is 0 Å². The Hall–Kier alpha value is -2.87. The average molecular weight is 386 g/mol. The first-order valence-electron chi connectivity index (χ1n) is 9.28. The molecule has 3 rings (SSSR count). The molecule has 8 heteroatoms. The Bertz CT molecular complexity index is 859. The third-order valence-electron chi connectivity index (χ3n) is 4.67. The molecule has 0 radical (unpaired) electrons. The highest BCUT2D eigenvalue weighted by molar-refractivity contribution is 5.75. The molecular weight excluding hydrogens is 360 g/mol. The number of carbonyl (C=O) groups is 1. The number of benzene rings is 1. The summed E-state index contributed by atoms with van der Waals surface area (Å²) in [6.45, 7) is 6.59. The first-order chi connectivity index (χ1) is 13.1. The number of phenols is 2. The second-order valence-corrected chi connectivity index (χ2v) is 8.06. The van der Waals surface area contributed by atoms with Crippen molar-refractivity contribution >= 4 is 11.9 Å². The number of aromatic hydroxyl groups is 2. The number of carbonyl (C=O) groups excluding carboxylic acids is 1. The van der Waals surface area contributed by atoms with E-state index >= 15 is 0 Å². The number of hydrogen-bond donors (Lipinski definition) is 3. The van der Waals surface area contributed by atoms with Crippen molar-refractivity contribution in [2.45, 2.75) is 39.5 Å². The summed E-state index contributed by atoms with van der Waals surface area (Å²) in [6, 6.07) is 6.20. The normalized spacial score (nSPS) is 18.0. The van der Waals surface area contributed by atoms with E-state index in [0.29, 0.717) is 24.5 Å². The van der Waals surface area contributed by atoms with Gasteiger partial charge >= 0.3 is 5.97 Å². The van der Waals surface area contributed by atoms with Crippen LogP contribution < -0.4 is 5.73 Å². The third kappa shape index (κ3) is 4.33.